The van der Waals surface area contributed by atoms with Crippen LogP contribution >= 0.6 is 0 Å². The van der Waals surface area contributed by atoms with E-state index in [2.05, 4.69) is 27.6 Å². The smallest absolute Gasteiger partial charge is 0.308 e. The molecule has 1 aliphatic heterocycles. The number of alkyl halides is 1. The zero-order valence-electron chi connectivity index (χ0n) is 15.1. The third-order valence-corrected chi connectivity index (χ3v) is 5.27. The summed E-state index contributed by atoms with van der Waals surface area (Å²) in [5, 5.41) is 13.8. The zero-order chi connectivity index (χ0) is 17.1. The fourth-order valence-electron chi connectivity index (χ4n) is 2.71. The molecule has 0 aromatic carbocycles. The first-order valence-corrected chi connectivity index (χ1v) is 11.0. The molecule has 1 aliphatic rings. The van der Waals surface area contributed by atoms with Crippen molar-refractivity contribution in [3.8, 4) is 0 Å². The molecular weight excluding hydrogens is 407 g/mol. The molecule has 1 heterocycles. The van der Waals surface area contributed by atoms with Crippen molar-refractivity contribution in [1.82, 2.24) is 15.7 Å². The first-order chi connectivity index (χ1) is 10.9. The molecule has 1 unspecified atom stereocenters. The van der Waals surface area contributed by atoms with Gasteiger partial charge in [0.1, 0.15) is 0 Å². The molecule has 0 aromatic rings. The summed E-state index contributed by atoms with van der Waals surface area (Å²) in [4.78, 5) is 6.57. The van der Waals surface area contributed by atoms with Gasteiger partial charge in [-0.1, -0.05) is 0 Å². The average Bonchev–Trinajstić information content (AvgIpc) is 2.50. The van der Waals surface area contributed by atoms with Gasteiger partial charge in [0.25, 0.3) is 0 Å². The molecule has 23 heavy (non-hydrogen) atoms. The number of aliphatic imine (C=N–C) groups is 1. The van der Waals surface area contributed by atoms with E-state index in [0.717, 1.165) is 55.6 Å². The monoisotopic (exact) mass is 441 g/mol. The zero-order valence-corrected chi connectivity index (χ0v) is 17.2. The minimum Gasteiger partial charge on any atom is -0.308 e. The summed E-state index contributed by atoms with van der Waals surface area (Å²) < 4.78 is 6.16. The standard InChI is InChI=1S/C16H34IN4O2/c1-5-14(12-16(2,22)19-10-11-21(3)4)8-6-7-9-15-18-13-17-23-20-15/h14,19,22H,5-13H2,1-4H3,(H,18,20)/q-1/t14?,16-/m0/s1. The number of rotatable bonds is 12. The van der Waals surface area contributed by atoms with E-state index in [0.29, 0.717) is 5.92 Å². The number of nitrogens with one attached hydrogen (secondary N) is 2. The molecule has 0 saturated carbocycles. The second-order valence-electron chi connectivity index (χ2n) is 6.74. The maximum absolute atomic E-state index is 10.5. The number of hydrogen-bond donors (Lipinski definition) is 3. The number of hydrogen-bond acceptors (Lipinski definition) is 6. The molecule has 1 rings (SSSR count). The van der Waals surface area contributed by atoms with Gasteiger partial charge in [0.05, 0.1) is 0 Å². The van der Waals surface area contributed by atoms with Gasteiger partial charge in [0.2, 0.25) is 0 Å². The van der Waals surface area contributed by atoms with E-state index in [4.69, 9.17) is 3.17 Å². The van der Waals surface area contributed by atoms with E-state index in [9.17, 15) is 5.11 Å². The summed E-state index contributed by atoms with van der Waals surface area (Å²) in [5.41, 5.74) is 2.16. The van der Waals surface area contributed by atoms with Gasteiger partial charge in [-0.05, 0) is 14.1 Å². The Morgan fingerprint density at radius 2 is 2.26 bits per heavy atom. The normalized spacial score (nSPS) is 19.5. The summed E-state index contributed by atoms with van der Waals surface area (Å²) in [7, 11) is 4.09. The van der Waals surface area contributed by atoms with Crippen molar-refractivity contribution in [1.29, 1.82) is 0 Å². The van der Waals surface area contributed by atoms with Gasteiger partial charge < -0.3 is 4.90 Å². The van der Waals surface area contributed by atoms with Gasteiger partial charge in [-0.15, -0.1) is 0 Å². The molecule has 3 N–H and O–H groups in total. The molecular formula is C16H34IN4O2-. The number of amidine groups is 1. The molecule has 0 amide bonds. The number of unbranched alkanes of at least 4 members (excludes halogenated alkanes) is 1. The van der Waals surface area contributed by atoms with Gasteiger partial charge in [0, 0.05) is 6.54 Å². The fourth-order valence-corrected chi connectivity index (χ4v) is 3.81. The van der Waals surface area contributed by atoms with Crippen molar-refractivity contribution < 1.29 is 29.9 Å². The predicted molar refractivity (Wildman–Crippen MR) is 90.6 cm³/mol. The Balaban J connectivity index is 2.20. The number of nitrogens with zero attached hydrogens (tertiary/aromatic N) is 2. The van der Waals surface area contributed by atoms with Crippen LogP contribution in [0.3, 0.4) is 0 Å². The van der Waals surface area contributed by atoms with Crippen molar-refractivity contribution in [3.05, 3.63) is 0 Å². The third kappa shape index (κ3) is 10.5. The van der Waals surface area contributed by atoms with E-state index in [-0.39, 0.29) is 21.6 Å². The van der Waals surface area contributed by atoms with E-state index in [1.54, 1.807) is 0 Å². The molecule has 0 bridgehead atoms. The molecule has 0 fully saturated rings. The molecule has 0 spiro atoms. The van der Waals surface area contributed by atoms with Crippen molar-refractivity contribution in [3.63, 3.8) is 0 Å². The molecule has 0 saturated heterocycles. The Morgan fingerprint density at radius 1 is 1.48 bits per heavy atom. The maximum atomic E-state index is 10.5. The Bertz CT molecular complexity index is 351. The first kappa shape index (κ1) is 21.1. The molecule has 7 heteroatoms. The van der Waals surface area contributed by atoms with Gasteiger partial charge in [0.15, 0.2) is 0 Å². The summed E-state index contributed by atoms with van der Waals surface area (Å²) >= 11 is -0.208. The van der Waals surface area contributed by atoms with Crippen molar-refractivity contribution in [2.45, 2.75) is 58.1 Å². The SMILES string of the molecule is CCC(CCCCC1=NC[I-]ON1)C[C@](C)(O)NCCN(C)C. The molecule has 0 aliphatic carbocycles. The van der Waals surface area contributed by atoms with Gasteiger partial charge >= 0.3 is 127 Å². The number of likely N-dealkylation sites (N-methyl/N-ethyl adjacent to an activating group) is 1. The summed E-state index contributed by atoms with van der Waals surface area (Å²) in [5.74, 6) is 1.56. The number of halogens is 1. The van der Waals surface area contributed by atoms with Crippen LogP contribution in [0.15, 0.2) is 4.99 Å². The third-order valence-electron chi connectivity index (χ3n) is 4.11. The van der Waals surface area contributed by atoms with Gasteiger partial charge in [-0.2, -0.15) is 0 Å². The van der Waals surface area contributed by atoms with Crippen LogP contribution in [0.25, 0.3) is 0 Å². The van der Waals surface area contributed by atoms with Crippen LogP contribution in [-0.4, -0.2) is 53.3 Å². The quantitative estimate of drug-likeness (QED) is 0.116. The van der Waals surface area contributed by atoms with Crippen molar-refractivity contribution >= 4 is 5.84 Å². The Hall–Kier alpha value is 0.0400. The minimum atomic E-state index is -0.775. The Labute approximate surface area is 152 Å². The van der Waals surface area contributed by atoms with Crippen LogP contribution in [0.5, 0.6) is 0 Å². The van der Waals surface area contributed by atoms with Crippen molar-refractivity contribution in [2.24, 2.45) is 10.9 Å². The molecule has 6 nitrogen and oxygen atoms in total. The second-order valence-corrected chi connectivity index (χ2v) is 8.49. The summed E-state index contributed by atoms with van der Waals surface area (Å²) in [6, 6.07) is 0. The van der Waals surface area contributed by atoms with E-state index in [1.807, 2.05) is 21.0 Å². The van der Waals surface area contributed by atoms with E-state index in [1.165, 1.54) is 6.42 Å². The van der Waals surface area contributed by atoms with E-state index >= 15 is 0 Å². The number of aliphatic hydroxyl groups is 1. The van der Waals surface area contributed by atoms with E-state index < -0.39 is 5.72 Å². The first-order valence-electron chi connectivity index (χ1n) is 8.59. The fraction of sp³-hybridized carbons (Fsp3) is 0.938. The molecule has 0 aromatic heterocycles. The van der Waals surface area contributed by atoms with Crippen LogP contribution < -0.4 is 32.4 Å². The Morgan fingerprint density at radius 3 is 2.87 bits per heavy atom. The number of hydroxylamine groups is 1. The molecule has 2 atom stereocenters. The predicted octanol–water partition coefficient (Wildman–Crippen LogP) is -1.28. The minimum absolute atomic E-state index is 0.208. The Kier molecular flexibility index (Phi) is 10.6. The van der Waals surface area contributed by atoms with Crippen LogP contribution in [0, 0.1) is 5.92 Å². The molecule has 138 valence electrons. The van der Waals surface area contributed by atoms with Crippen LogP contribution in [0.1, 0.15) is 52.4 Å². The summed E-state index contributed by atoms with van der Waals surface area (Å²) in [6.07, 6.45) is 6.34. The average molecular weight is 441 g/mol. The summed E-state index contributed by atoms with van der Waals surface area (Å²) in [6.45, 7) is 5.86. The van der Waals surface area contributed by atoms with Gasteiger partial charge in [-0.3, -0.25) is 0 Å². The van der Waals surface area contributed by atoms with Crippen LogP contribution in [0.2, 0.25) is 0 Å². The second kappa shape index (κ2) is 11.6. The molecule has 0 radical (unpaired) electrons. The topological polar surface area (TPSA) is 69.1 Å². The van der Waals surface area contributed by atoms with Crippen LogP contribution in [0.4, 0.5) is 0 Å². The van der Waals surface area contributed by atoms with Gasteiger partial charge in [-0.25, -0.2) is 0 Å². The van der Waals surface area contributed by atoms with Crippen LogP contribution in [-0.2, 0) is 3.17 Å². The van der Waals surface area contributed by atoms with Crippen molar-refractivity contribution in [2.75, 3.05) is 31.7 Å².